The van der Waals surface area contributed by atoms with Crippen molar-refractivity contribution in [1.29, 1.82) is 0 Å². The molecule has 3 rings (SSSR count). The van der Waals surface area contributed by atoms with Gasteiger partial charge in [0.05, 0.1) is 0 Å². The first kappa shape index (κ1) is 14.2. The number of hydrogen-bond acceptors (Lipinski definition) is 3. The van der Waals surface area contributed by atoms with Gasteiger partial charge in [-0.15, -0.1) is 0 Å². The van der Waals surface area contributed by atoms with Gasteiger partial charge in [0.2, 0.25) is 0 Å². The molecule has 0 amide bonds. The number of rotatable bonds is 5. The molecule has 112 valence electrons. The van der Waals surface area contributed by atoms with Crippen LogP contribution in [0.25, 0.3) is 10.9 Å². The number of anilines is 2. The summed E-state index contributed by atoms with van der Waals surface area (Å²) in [5, 5.41) is 13.2. The molecule has 0 aliphatic rings. The van der Waals surface area contributed by atoms with Crippen LogP contribution in [-0.2, 0) is 11.2 Å². The molecule has 0 radical (unpaired) electrons. The number of aromatic amines is 1. The molecule has 0 aliphatic heterocycles. The van der Waals surface area contributed by atoms with Gasteiger partial charge in [-0.2, -0.15) is 0 Å². The highest BCUT2D eigenvalue weighted by molar-refractivity contribution is 5.87. The van der Waals surface area contributed by atoms with Gasteiger partial charge in [0, 0.05) is 34.9 Å². The molecule has 5 nitrogen and oxygen atoms in total. The van der Waals surface area contributed by atoms with Crippen molar-refractivity contribution < 1.29 is 9.90 Å². The summed E-state index contributed by atoms with van der Waals surface area (Å²) >= 11 is 0. The molecule has 5 N–H and O–H groups in total. The van der Waals surface area contributed by atoms with Crippen LogP contribution in [0.5, 0.6) is 0 Å². The van der Waals surface area contributed by atoms with E-state index in [0.29, 0.717) is 6.42 Å². The van der Waals surface area contributed by atoms with E-state index in [0.717, 1.165) is 27.8 Å². The van der Waals surface area contributed by atoms with Gasteiger partial charge in [-0.05, 0) is 29.8 Å². The molecule has 0 fully saturated rings. The van der Waals surface area contributed by atoms with Crippen molar-refractivity contribution >= 4 is 28.2 Å². The number of aliphatic carboxylic acids is 1. The van der Waals surface area contributed by atoms with Crippen molar-refractivity contribution in [2.45, 2.75) is 12.5 Å². The van der Waals surface area contributed by atoms with E-state index in [-0.39, 0.29) is 0 Å². The number of nitrogens with one attached hydrogen (secondary N) is 2. The van der Waals surface area contributed by atoms with E-state index >= 15 is 0 Å². The number of carboxylic acids is 1. The third-order valence-electron chi connectivity index (χ3n) is 3.59. The first-order valence-corrected chi connectivity index (χ1v) is 7.04. The van der Waals surface area contributed by atoms with Crippen molar-refractivity contribution in [3.63, 3.8) is 0 Å². The van der Waals surface area contributed by atoms with E-state index in [2.05, 4.69) is 10.3 Å². The summed E-state index contributed by atoms with van der Waals surface area (Å²) in [6, 6.07) is 15.0. The van der Waals surface area contributed by atoms with Crippen LogP contribution >= 0.6 is 0 Å². The van der Waals surface area contributed by atoms with Crippen LogP contribution in [0.3, 0.4) is 0 Å². The average molecular weight is 295 g/mol. The van der Waals surface area contributed by atoms with Crippen LogP contribution in [0.15, 0.2) is 54.7 Å². The van der Waals surface area contributed by atoms with Gasteiger partial charge in [-0.3, -0.25) is 4.79 Å². The predicted octanol–water partition coefficient (Wildman–Crippen LogP) is 2.87. The number of para-hydroxylation sites is 1. The van der Waals surface area contributed by atoms with Crippen LogP contribution in [0.2, 0.25) is 0 Å². The number of carboxylic acid groups (broad SMARTS) is 1. The molecular weight excluding hydrogens is 278 g/mol. The predicted molar refractivity (Wildman–Crippen MR) is 87.3 cm³/mol. The summed E-state index contributed by atoms with van der Waals surface area (Å²) in [6.45, 7) is 0. The largest absolute Gasteiger partial charge is 0.480 e. The van der Waals surface area contributed by atoms with E-state index in [4.69, 9.17) is 10.8 Å². The summed E-state index contributed by atoms with van der Waals surface area (Å²) in [7, 11) is 0. The second kappa shape index (κ2) is 5.91. The summed E-state index contributed by atoms with van der Waals surface area (Å²) in [5.74, 6) is -0.989. The summed E-state index contributed by atoms with van der Waals surface area (Å²) in [6.07, 6.45) is 2.13. The Bertz CT molecular complexity index is 796. The minimum Gasteiger partial charge on any atom is -0.480 e. The standard InChI is InChI=1S/C17H17N3O2/c18-15(17(21)22)8-11-10-19-16-9-13(6-7-14(11)16)20-12-4-2-1-3-5-12/h1-7,9-10,15,19-20H,8,18H2,(H,21,22)/t15-/m0/s1. The van der Waals surface area contributed by atoms with Gasteiger partial charge in [-0.1, -0.05) is 24.3 Å². The fraction of sp³-hybridized carbons (Fsp3) is 0.118. The van der Waals surface area contributed by atoms with Gasteiger partial charge in [0.25, 0.3) is 0 Å². The molecule has 5 heteroatoms. The summed E-state index contributed by atoms with van der Waals surface area (Å²) in [5.41, 5.74) is 9.45. The number of nitrogens with two attached hydrogens (primary N) is 1. The number of hydrogen-bond donors (Lipinski definition) is 4. The third kappa shape index (κ3) is 2.94. The maximum atomic E-state index is 10.9. The first-order valence-electron chi connectivity index (χ1n) is 7.04. The highest BCUT2D eigenvalue weighted by Gasteiger charge is 2.14. The van der Waals surface area contributed by atoms with Gasteiger partial charge in [0.15, 0.2) is 0 Å². The van der Waals surface area contributed by atoms with E-state index < -0.39 is 12.0 Å². The Labute approximate surface area is 127 Å². The highest BCUT2D eigenvalue weighted by Crippen LogP contribution is 2.25. The molecule has 0 bridgehead atoms. The Kier molecular flexibility index (Phi) is 3.80. The molecule has 22 heavy (non-hydrogen) atoms. The van der Waals surface area contributed by atoms with Crippen molar-refractivity contribution in [1.82, 2.24) is 4.98 Å². The van der Waals surface area contributed by atoms with Crippen molar-refractivity contribution in [3.8, 4) is 0 Å². The molecule has 0 saturated heterocycles. The third-order valence-corrected chi connectivity index (χ3v) is 3.59. The van der Waals surface area contributed by atoms with E-state index in [1.54, 1.807) is 0 Å². The topological polar surface area (TPSA) is 91.1 Å². The lowest BCUT2D eigenvalue weighted by atomic mass is 10.1. The molecular formula is C17H17N3O2. The SMILES string of the molecule is N[C@@H](Cc1c[nH]c2cc(Nc3ccccc3)ccc12)C(=O)O. The molecule has 1 heterocycles. The Balaban J connectivity index is 1.84. The monoisotopic (exact) mass is 295 g/mol. The lowest BCUT2D eigenvalue weighted by Crippen LogP contribution is -2.32. The van der Waals surface area contributed by atoms with Gasteiger partial charge in [0.1, 0.15) is 6.04 Å². The van der Waals surface area contributed by atoms with Gasteiger partial charge < -0.3 is 21.1 Å². The number of H-pyrrole nitrogens is 1. The Morgan fingerprint density at radius 3 is 2.68 bits per heavy atom. The van der Waals surface area contributed by atoms with Crippen molar-refractivity contribution in [3.05, 3.63) is 60.3 Å². The number of carbonyl (C=O) groups is 1. The van der Waals surface area contributed by atoms with Gasteiger partial charge in [-0.25, -0.2) is 0 Å². The fourth-order valence-electron chi connectivity index (χ4n) is 2.45. The molecule has 1 atom stereocenters. The summed E-state index contributed by atoms with van der Waals surface area (Å²) in [4.78, 5) is 14.0. The lowest BCUT2D eigenvalue weighted by Gasteiger charge is -2.07. The quantitative estimate of drug-likeness (QED) is 0.582. The Hall–Kier alpha value is -2.79. The maximum Gasteiger partial charge on any atom is 0.320 e. The smallest absolute Gasteiger partial charge is 0.320 e. The minimum absolute atomic E-state index is 0.306. The average Bonchev–Trinajstić information content (AvgIpc) is 2.90. The summed E-state index contributed by atoms with van der Waals surface area (Å²) < 4.78 is 0. The zero-order valence-electron chi connectivity index (χ0n) is 11.9. The van der Waals surface area contributed by atoms with Crippen molar-refractivity contribution in [2.24, 2.45) is 5.73 Å². The molecule has 3 aromatic rings. The number of benzene rings is 2. The second-order valence-corrected chi connectivity index (χ2v) is 5.21. The molecule has 0 spiro atoms. The molecule has 0 aliphatic carbocycles. The Morgan fingerprint density at radius 2 is 1.95 bits per heavy atom. The van der Waals surface area contributed by atoms with Crippen LogP contribution in [0.4, 0.5) is 11.4 Å². The number of fused-ring (bicyclic) bond motifs is 1. The second-order valence-electron chi connectivity index (χ2n) is 5.21. The van der Waals surface area contributed by atoms with Crippen LogP contribution < -0.4 is 11.1 Å². The Morgan fingerprint density at radius 1 is 1.18 bits per heavy atom. The zero-order valence-corrected chi connectivity index (χ0v) is 11.9. The van der Waals surface area contributed by atoms with E-state index in [1.165, 1.54) is 0 Å². The van der Waals surface area contributed by atoms with Crippen molar-refractivity contribution in [2.75, 3.05) is 5.32 Å². The number of aromatic nitrogens is 1. The van der Waals surface area contributed by atoms with Crippen LogP contribution in [0, 0.1) is 0 Å². The lowest BCUT2D eigenvalue weighted by molar-refractivity contribution is -0.138. The van der Waals surface area contributed by atoms with E-state index in [1.807, 2.05) is 54.7 Å². The van der Waals surface area contributed by atoms with Crippen LogP contribution in [-0.4, -0.2) is 22.1 Å². The normalized spacial score (nSPS) is 12.2. The molecule has 0 saturated carbocycles. The van der Waals surface area contributed by atoms with Crippen LogP contribution in [0.1, 0.15) is 5.56 Å². The first-order chi connectivity index (χ1) is 10.6. The van der Waals surface area contributed by atoms with Gasteiger partial charge >= 0.3 is 5.97 Å². The molecule has 1 aromatic heterocycles. The van der Waals surface area contributed by atoms with E-state index in [9.17, 15) is 4.79 Å². The minimum atomic E-state index is -0.989. The molecule has 0 unspecified atom stereocenters. The highest BCUT2D eigenvalue weighted by atomic mass is 16.4. The zero-order chi connectivity index (χ0) is 15.5. The fourth-order valence-corrected chi connectivity index (χ4v) is 2.45. The maximum absolute atomic E-state index is 10.9. The molecule has 2 aromatic carbocycles.